The van der Waals surface area contributed by atoms with Gasteiger partial charge in [-0.15, -0.1) is 0 Å². The van der Waals surface area contributed by atoms with E-state index in [1.165, 1.54) is 0 Å². The van der Waals surface area contributed by atoms with Crippen molar-refractivity contribution in [3.63, 3.8) is 0 Å². The molecule has 5 nitrogen and oxygen atoms in total. The van der Waals surface area contributed by atoms with Gasteiger partial charge in [-0.3, -0.25) is 4.79 Å². The summed E-state index contributed by atoms with van der Waals surface area (Å²) in [5, 5.41) is 3.66. The number of fused-ring (bicyclic) bond motifs is 1. The Morgan fingerprint density at radius 1 is 1.15 bits per heavy atom. The molecule has 0 spiro atoms. The van der Waals surface area contributed by atoms with Crippen molar-refractivity contribution in [1.82, 2.24) is 10.3 Å². The molecule has 1 heterocycles. The maximum Gasteiger partial charge on any atom is 0.356 e. The monoisotopic (exact) mass is 414 g/mol. The number of para-hydroxylation sites is 1. The second kappa shape index (κ2) is 7.74. The lowest BCUT2D eigenvalue weighted by molar-refractivity contribution is -0.129. The fourth-order valence-corrected chi connectivity index (χ4v) is 3.17. The van der Waals surface area contributed by atoms with E-state index in [1.807, 2.05) is 55.5 Å². The van der Waals surface area contributed by atoms with Crippen molar-refractivity contribution in [3.8, 4) is 0 Å². The molecule has 1 amide bonds. The summed E-state index contributed by atoms with van der Waals surface area (Å²) in [4.78, 5) is 27.6. The Labute approximate surface area is 159 Å². The lowest BCUT2D eigenvalue weighted by atomic mass is 10.1. The highest BCUT2D eigenvalue weighted by atomic mass is 79.9. The van der Waals surface area contributed by atoms with Gasteiger partial charge in [0, 0.05) is 17.4 Å². The van der Waals surface area contributed by atoms with Crippen LogP contribution in [0, 0.1) is 6.92 Å². The lowest BCUT2D eigenvalue weighted by Gasteiger charge is -2.13. The number of carbonyl (C=O) groups excluding carboxylic acids is 2. The van der Waals surface area contributed by atoms with Crippen LogP contribution in [0.5, 0.6) is 0 Å². The minimum atomic E-state index is -0.897. The Bertz CT molecular complexity index is 947. The number of halogens is 1. The third-order valence-electron chi connectivity index (χ3n) is 4.09. The van der Waals surface area contributed by atoms with Gasteiger partial charge in [0.1, 0.15) is 5.69 Å². The quantitative estimate of drug-likeness (QED) is 0.617. The highest BCUT2D eigenvalue weighted by Gasteiger charge is 2.22. The van der Waals surface area contributed by atoms with E-state index in [0.717, 1.165) is 22.0 Å². The Kier molecular flexibility index (Phi) is 5.42. The summed E-state index contributed by atoms with van der Waals surface area (Å²) >= 11 is 3.41. The molecule has 3 rings (SSSR count). The minimum absolute atomic E-state index is 0.296. The summed E-state index contributed by atoms with van der Waals surface area (Å²) in [7, 11) is 0. The number of esters is 1. The molecule has 0 saturated carbocycles. The number of amides is 1. The Morgan fingerprint density at radius 3 is 2.54 bits per heavy atom. The molecule has 1 unspecified atom stereocenters. The molecule has 2 N–H and O–H groups in total. The second-order valence-corrected chi connectivity index (χ2v) is 6.90. The average Bonchev–Trinajstić information content (AvgIpc) is 2.98. The van der Waals surface area contributed by atoms with E-state index in [9.17, 15) is 9.59 Å². The van der Waals surface area contributed by atoms with Gasteiger partial charge < -0.3 is 15.0 Å². The van der Waals surface area contributed by atoms with Gasteiger partial charge in [-0.25, -0.2) is 4.79 Å². The summed E-state index contributed by atoms with van der Waals surface area (Å²) in [5.41, 5.74) is 3.26. The lowest BCUT2D eigenvalue weighted by Crippen LogP contribution is -2.35. The molecule has 0 bridgehead atoms. The number of carbonyl (C=O) groups is 2. The molecule has 0 aliphatic heterocycles. The van der Waals surface area contributed by atoms with Gasteiger partial charge >= 0.3 is 5.97 Å². The molecule has 134 valence electrons. The highest BCUT2D eigenvalue weighted by Crippen LogP contribution is 2.28. The molecule has 6 heteroatoms. The average molecular weight is 415 g/mol. The van der Waals surface area contributed by atoms with Crippen LogP contribution < -0.4 is 5.32 Å². The summed E-state index contributed by atoms with van der Waals surface area (Å²) < 4.78 is 5.93. The smallest absolute Gasteiger partial charge is 0.356 e. The van der Waals surface area contributed by atoms with Crippen molar-refractivity contribution in [2.75, 3.05) is 0 Å². The van der Waals surface area contributed by atoms with Crippen LogP contribution in [0.25, 0.3) is 10.9 Å². The largest absolute Gasteiger partial charge is 0.448 e. The van der Waals surface area contributed by atoms with Crippen molar-refractivity contribution in [3.05, 3.63) is 69.8 Å². The number of hydrogen-bond acceptors (Lipinski definition) is 3. The predicted molar refractivity (Wildman–Crippen MR) is 104 cm³/mol. The number of aromatic amines is 1. The van der Waals surface area contributed by atoms with Crippen molar-refractivity contribution >= 4 is 38.7 Å². The van der Waals surface area contributed by atoms with E-state index < -0.39 is 12.1 Å². The zero-order valence-electron chi connectivity index (χ0n) is 14.5. The van der Waals surface area contributed by atoms with Crippen molar-refractivity contribution in [2.45, 2.75) is 26.5 Å². The highest BCUT2D eigenvalue weighted by molar-refractivity contribution is 9.10. The zero-order chi connectivity index (χ0) is 18.7. The van der Waals surface area contributed by atoms with Crippen LogP contribution >= 0.6 is 15.9 Å². The number of rotatable bonds is 5. The fraction of sp³-hybridized carbons (Fsp3) is 0.200. The van der Waals surface area contributed by atoms with E-state index in [4.69, 9.17) is 4.74 Å². The maximum atomic E-state index is 12.4. The van der Waals surface area contributed by atoms with Crippen molar-refractivity contribution in [2.24, 2.45) is 0 Å². The van der Waals surface area contributed by atoms with Crippen LogP contribution in [0.4, 0.5) is 0 Å². The van der Waals surface area contributed by atoms with Gasteiger partial charge in [-0.1, -0.05) is 48.0 Å². The molecule has 0 saturated heterocycles. The van der Waals surface area contributed by atoms with Crippen LogP contribution in [0.1, 0.15) is 28.5 Å². The summed E-state index contributed by atoms with van der Waals surface area (Å²) in [6, 6.07) is 15.4. The maximum absolute atomic E-state index is 12.4. The number of H-pyrrole nitrogens is 1. The van der Waals surface area contributed by atoms with Gasteiger partial charge in [0.15, 0.2) is 6.10 Å². The van der Waals surface area contributed by atoms with Crippen LogP contribution in [0.15, 0.2) is 53.0 Å². The van der Waals surface area contributed by atoms with Gasteiger partial charge in [-0.2, -0.15) is 0 Å². The molecule has 26 heavy (non-hydrogen) atoms. The molecular weight excluding hydrogens is 396 g/mol. The third-order valence-corrected chi connectivity index (χ3v) is 4.91. The van der Waals surface area contributed by atoms with Gasteiger partial charge in [0.2, 0.25) is 0 Å². The number of aromatic nitrogens is 1. The SMILES string of the molecule is Cc1ccc(CNC(=O)C(C)OC(=O)c2[nH]c3ccccc3c2Br)cc1. The first kappa shape index (κ1) is 18.2. The molecule has 0 aliphatic rings. The van der Waals surface area contributed by atoms with Gasteiger partial charge in [-0.05, 0) is 41.4 Å². The molecule has 1 aromatic heterocycles. The van der Waals surface area contributed by atoms with Gasteiger partial charge in [0.05, 0.1) is 4.47 Å². The predicted octanol–water partition coefficient (Wildman–Crippen LogP) is 4.10. The topological polar surface area (TPSA) is 71.2 Å². The third kappa shape index (κ3) is 3.96. The van der Waals surface area contributed by atoms with Crippen molar-refractivity contribution in [1.29, 1.82) is 0 Å². The number of aryl methyl sites for hydroxylation is 1. The normalized spacial score (nSPS) is 12.0. The van der Waals surface area contributed by atoms with E-state index in [0.29, 0.717) is 16.7 Å². The van der Waals surface area contributed by atoms with E-state index in [-0.39, 0.29) is 5.91 Å². The minimum Gasteiger partial charge on any atom is -0.448 e. The van der Waals surface area contributed by atoms with E-state index >= 15 is 0 Å². The molecule has 2 aromatic carbocycles. The fourth-order valence-electron chi connectivity index (χ4n) is 2.56. The molecular formula is C20H19BrN2O3. The summed E-state index contributed by atoms with van der Waals surface area (Å²) in [6.45, 7) is 3.95. The Hall–Kier alpha value is -2.60. The standard InChI is InChI=1S/C20H19BrN2O3/c1-12-7-9-14(10-8-12)11-22-19(24)13(2)26-20(25)18-17(21)15-5-3-4-6-16(15)23-18/h3-10,13,23H,11H2,1-2H3,(H,22,24). The summed E-state index contributed by atoms with van der Waals surface area (Å²) in [6.07, 6.45) is -0.897. The van der Waals surface area contributed by atoms with E-state index in [1.54, 1.807) is 6.92 Å². The molecule has 0 radical (unpaired) electrons. The van der Waals surface area contributed by atoms with Crippen LogP contribution in [-0.4, -0.2) is 23.0 Å². The first-order valence-corrected chi connectivity index (χ1v) is 9.05. The van der Waals surface area contributed by atoms with E-state index in [2.05, 4.69) is 26.2 Å². The first-order valence-electron chi connectivity index (χ1n) is 8.26. The molecule has 0 aliphatic carbocycles. The first-order chi connectivity index (χ1) is 12.5. The van der Waals surface area contributed by atoms with Crippen LogP contribution in [-0.2, 0) is 16.1 Å². The Morgan fingerprint density at radius 2 is 1.85 bits per heavy atom. The number of benzene rings is 2. The zero-order valence-corrected chi connectivity index (χ0v) is 16.1. The summed E-state index contributed by atoms with van der Waals surface area (Å²) in [5.74, 6) is -0.919. The van der Waals surface area contributed by atoms with Crippen LogP contribution in [0.3, 0.4) is 0 Å². The number of ether oxygens (including phenoxy) is 1. The molecule has 3 aromatic rings. The Balaban J connectivity index is 1.61. The van der Waals surface area contributed by atoms with Gasteiger partial charge in [0.25, 0.3) is 5.91 Å². The number of nitrogens with one attached hydrogen (secondary N) is 2. The molecule has 0 fully saturated rings. The van der Waals surface area contributed by atoms with Crippen LogP contribution in [0.2, 0.25) is 0 Å². The molecule has 1 atom stereocenters. The second-order valence-electron chi connectivity index (χ2n) is 6.11. The van der Waals surface area contributed by atoms with Crippen molar-refractivity contribution < 1.29 is 14.3 Å². The number of hydrogen-bond donors (Lipinski definition) is 2.